The number of carbonyl (C=O) groups is 2. The monoisotopic (exact) mass is 292 g/mol. The Bertz CT molecular complexity index is 493. The number of rotatable bonds is 5. The van der Waals surface area contributed by atoms with Crippen LogP contribution in [0.1, 0.15) is 39.7 Å². The summed E-state index contributed by atoms with van der Waals surface area (Å²) < 4.78 is 5.46. The summed E-state index contributed by atoms with van der Waals surface area (Å²) in [7, 11) is 0. The number of aryl methyl sites for hydroxylation is 1. The van der Waals surface area contributed by atoms with E-state index in [-0.39, 0.29) is 23.8 Å². The Labute approximate surface area is 126 Å². The zero-order valence-electron chi connectivity index (χ0n) is 13.2. The van der Waals surface area contributed by atoms with Crippen LogP contribution in [-0.2, 0) is 16.0 Å². The molecule has 0 radical (unpaired) electrons. The van der Waals surface area contributed by atoms with Crippen LogP contribution in [0, 0.1) is 5.41 Å². The number of ether oxygens (including phenoxy) is 1. The van der Waals surface area contributed by atoms with Crippen molar-refractivity contribution in [2.24, 2.45) is 5.41 Å². The maximum Gasteiger partial charge on any atom is 0.276 e. The van der Waals surface area contributed by atoms with Gasteiger partial charge in [-0.25, -0.2) is 0 Å². The van der Waals surface area contributed by atoms with Crippen molar-refractivity contribution in [1.29, 1.82) is 0 Å². The Hall–Kier alpha value is -2.04. The largest absolute Gasteiger partial charge is 0.483 e. The van der Waals surface area contributed by atoms with E-state index in [9.17, 15) is 9.59 Å². The van der Waals surface area contributed by atoms with Gasteiger partial charge in [-0.1, -0.05) is 45.9 Å². The van der Waals surface area contributed by atoms with Crippen molar-refractivity contribution >= 4 is 11.8 Å². The molecule has 0 aliphatic carbocycles. The van der Waals surface area contributed by atoms with Crippen molar-refractivity contribution in [3.8, 4) is 5.75 Å². The van der Waals surface area contributed by atoms with Crippen LogP contribution in [0.25, 0.3) is 0 Å². The van der Waals surface area contributed by atoms with Crippen molar-refractivity contribution in [2.45, 2.75) is 40.5 Å². The Morgan fingerprint density at radius 1 is 1.10 bits per heavy atom. The third-order valence-corrected chi connectivity index (χ3v) is 2.74. The van der Waals surface area contributed by atoms with Crippen LogP contribution in [0.5, 0.6) is 5.75 Å². The highest BCUT2D eigenvalue weighted by Crippen LogP contribution is 2.18. The maximum absolute atomic E-state index is 11.6. The molecule has 0 saturated heterocycles. The quantitative estimate of drug-likeness (QED) is 0.818. The summed E-state index contributed by atoms with van der Waals surface area (Å²) in [5.74, 6) is 0.0872. The summed E-state index contributed by atoms with van der Waals surface area (Å²) >= 11 is 0. The second kappa shape index (κ2) is 7.67. The van der Waals surface area contributed by atoms with Crippen LogP contribution >= 0.6 is 0 Å². The van der Waals surface area contributed by atoms with Gasteiger partial charge < -0.3 is 4.74 Å². The normalized spacial score (nSPS) is 10.9. The van der Waals surface area contributed by atoms with E-state index < -0.39 is 0 Å². The molecule has 5 heteroatoms. The fourth-order valence-corrected chi connectivity index (χ4v) is 1.78. The van der Waals surface area contributed by atoms with Crippen molar-refractivity contribution in [3.05, 3.63) is 29.8 Å². The van der Waals surface area contributed by atoms with Gasteiger partial charge in [0.05, 0.1) is 0 Å². The molecular weight excluding hydrogens is 268 g/mol. The number of benzene rings is 1. The minimum Gasteiger partial charge on any atom is -0.483 e. The molecule has 0 aromatic heterocycles. The topological polar surface area (TPSA) is 67.4 Å². The molecule has 0 atom stereocenters. The van der Waals surface area contributed by atoms with Crippen LogP contribution in [0.2, 0.25) is 0 Å². The van der Waals surface area contributed by atoms with E-state index in [2.05, 4.69) is 10.9 Å². The lowest BCUT2D eigenvalue weighted by atomic mass is 9.92. The first-order valence-corrected chi connectivity index (χ1v) is 7.10. The summed E-state index contributed by atoms with van der Waals surface area (Å²) in [4.78, 5) is 23.2. The highest BCUT2D eigenvalue weighted by Gasteiger charge is 2.16. The Balaban J connectivity index is 2.36. The molecule has 0 fully saturated rings. The minimum atomic E-state index is -0.386. The van der Waals surface area contributed by atoms with E-state index in [0.29, 0.717) is 12.2 Å². The fourth-order valence-electron chi connectivity index (χ4n) is 1.78. The second-order valence-corrected chi connectivity index (χ2v) is 6.08. The molecule has 0 heterocycles. The predicted octanol–water partition coefficient (Wildman–Crippen LogP) is 2.21. The van der Waals surface area contributed by atoms with E-state index in [0.717, 1.165) is 12.0 Å². The zero-order chi connectivity index (χ0) is 15.9. The molecule has 0 aliphatic heterocycles. The van der Waals surface area contributed by atoms with E-state index in [1.165, 1.54) is 0 Å². The van der Waals surface area contributed by atoms with Crippen molar-refractivity contribution in [3.63, 3.8) is 0 Å². The number of nitrogens with one attached hydrogen (secondary N) is 2. The molecule has 2 amide bonds. The van der Waals surface area contributed by atoms with Gasteiger partial charge in [0.2, 0.25) is 5.91 Å². The summed E-state index contributed by atoms with van der Waals surface area (Å²) in [6, 6.07) is 7.57. The van der Waals surface area contributed by atoms with Crippen LogP contribution in [0.15, 0.2) is 24.3 Å². The first-order chi connectivity index (χ1) is 9.81. The molecule has 0 aliphatic rings. The summed E-state index contributed by atoms with van der Waals surface area (Å²) in [5.41, 5.74) is 5.66. The molecule has 0 saturated carbocycles. The molecule has 21 heavy (non-hydrogen) atoms. The van der Waals surface area contributed by atoms with Gasteiger partial charge in [0.1, 0.15) is 5.75 Å². The fraction of sp³-hybridized carbons (Fsp3) is 0.500. The smallest absolute Gasteiger partial charge is 0.276 e. The Morgan fingerprint density at radius 3 is 2.33 bits per heavy atom. The first-order valence-electron chi connectivity index (χ1n) is 7.10. The predicted molar refractivity (Wildman–Crippen MR) is 81.7 cm³/mol. The van der Waals surface area contributed by atoms with E-state index in [4.69, 9.17) is 4.74 Å². The van der Waals surface area contributed by atoms with Crippen molar-refractivity contribution in [1.82, 2.24) is 10.9 Å². The summed E-state index contributed by atoms with van der Waals surface area (Å²) in [6.45, 7) is 7.76. The number of hydrogen-bond donors (Lipinski definition) is 2. The number of carbonyl (C=O) groups excluding carboxylic acids is 2. The van der Waals surface area contributed by atoms with Crippen molar-refractivity contribution in [2.75, 3.05) is 6.61 Å². The lowest BCUT2D eigenvalue weighted by Gasteiger charge is -2.17. The van der Waals surface area contributed by atoms with Gasteiger partial charge in [0, 0.05) is 6.42 Å². The van der Waals surface area contributed by atoms with Gasteiger partial charge in [0.15, 0.2) is 6.61 Å². The third kappa shape index (κ3) is 6.79. The molecule has 1 rings (SSSR count). The SMILES string of the molecule is CCc1ccccc1OCC(=O)NNC(=O)CC(C)(C)C. The van der Waals surface area contributed by atoms with Gasteiger partial charge in [-0.05, 0) is 23.5 Å². The van der Waals surface area contributed by atoms with Gasteiger partial charge in [0.25, 0.3) is 5.91 Å². The maximum atomic E-state index is 11.6. The van der Waals surface area contributed by atoms with Gasteiger partial charge in [-0.15, -0.1) is 0 Å². The molecule has 116 valence electrons. The molecule has 0 unspecified atom stereocenters. The molecule has 1 aromatic rings. The third-order valence-electron chi connectivity index (χ3n) is 2.74. The average molecular weight is 292 g/mol. The summed E-state index contributed by atoms with van der Waals surface area (Å²) in [6.07, 6.45) is 1.17. The van der Waals surface area contributed by atoms with Gasteiger partial charge in [-0.3, -0.25) is 20.4 Å². The van der Waals surface area contributed by atoms with E-state index in [1.54, 1.807) is 0 Å². The van der Waals surface area contributed by atoms with E-state index >= 15 is 0 Å². The lowest BCUT2D eigenvalue weighted by Crippen LogP contribution is -2.44. The molecule has 5 nitrogen and oxygen atoms in total. The molecule has 0 spiro atoms. The standard InChI is InChI=1S/C16H24N2O3/c1-5-12-8-6-7-9-13(12)21-11-15(20)18-17-14(19)10-16(2,3)4/h6-9H,5,10-11H2,1-4H3,(H,17,19)(H,18,20). The highest BCUT2D eigenvalue weighted by atomic mass is 16.5. The Kier molecular flexibility index (Phi) is 6.21. The zero-order valence-corrected chi connectivity index (χ0v) is 13.2. The summed E-state index contributed by atoms with van der Waals surface area (Å²) in [5, 5.41) is 0. The Morgan fingerprint density at radius 2 is 1.71 bits per heavy atom. The van der Waals surface area contributed by atoms with E-state index in [1.807, 2.05) is 52.0 Å². The molecule has 2 N–H and O–H groups in total. The molecule has 1 aromatic carbocycles. The van der Waals surface area contributed by atoms with Gasteiger partial charge in [-0.2, -0.15) is 0 Å². The number of amides is 2. The average Bonchev–Trinajstić information content (AvgIpc) is 2.41. The molecule has 0 bridgehead atoms. The van der Waals surface area contributed by atoms with Crippen LogP contribution in [0.3, 0.4) is 0 Å². The first kappa shape index (κ1) is 17.0. The van der Waals surface area contributed by atoms with Crippen molar-refractivity contribution < 1.29 is 14.3 Å². The van der Waals surface area contributed by atoms with Crippen LogP contribution < -0.4 is 15.6 Å². The number of hydrazine groups is 1. The number of hydrogen-bond acceptors (Lipinski definition) is 3. The van der Waals surface area contributed by atoms with Crippen LogP contribution in [0.4, 0.5) is 0 Å². The van der Waals surface area contributed by atoms with Gasteiger partial charge >= 0.3 is 0 Å². The molecular formula is C16H24N2O3. The van der Waals surface area contributed by atoms with Crippen LogP contribution in [-0.4, -0.2) is 18.4 Å². The second-order valence-electron chi connectivity index (χ2n) is 6.08. The lowest BCUT2D eigenvalue weighted by molar-refractivity contribution is -0.130. The number of para-hydroxylation sites is 1. The highest BCUT2D eigenvalue weighted by molar-refractivity contribution is 5.83. The minimum absolute atomic E-state index is 0.120.